The monoisotopic (exact) mass is 165 g/mol. The molecule has 0 amide bonds. The molecule has 0 aliphatic heterocycles. The third-order valence-electron chi connectivity index (χ3n) is 2.67. The van der Waals surface area contributed by atoms with Crippen LogP contribution in [0.5, 0.6) is 0 Å². The minimum absolute atomic E-state index is 1.26. The van der Waals surface area contributed by atoms with Gasteiger partial charge in [0, 0.05) is 0 Å². The highest BCUT2D eigenvalue weighted by Gasteiger charge is 2.03. The Morgan fingerprint density at radius 3 is 2.31 bits per heavy atom. The van der Waals surface area contributed by atoms with Gasteiger partial charge in [0.2, 0.25) is 0 Å². The van der Waals surface area contributed by atoms with E-state index < -0.39 is 0 Å². The molecule has 0 N–H and O–H groups in total. The first-order chi connectivity index (χ1) is 6.36. The van der Waals surface area contributed by atoms with Crippen molar-refractivity contribution in [1.82, 2.24) is 0 Å². The first kappa shape index (κ1) is 6.90. The summed E-state index contributed by atoms with van der Waals surface area (Å²) in [5.74, 6) is 0. The maximum Gasteiger partial charge on any atom is -0.00239 e. The van der Waals surface area contributed by atoms with Crippen LogP contribution in [-0.2, 0) is 0 Å². The number of rotatable bonds is 0. The summed E-state index contributed by atoms with van der Waals surface area (Å²) in [5.41, 5.74) is 1.34. The van der Waals surface area contributed by atoms with Gasteiger partial charge in [-0.3, -0.25) is 0 Å². The van der Waals surface area contributed by atoms with E-state index in [1.807, 2.05) is 6.07 Å². The van der Waals surface area contributed by atoms with Crippen LogP contribution in [0.2, 0.25) is 0 Å². The van der Waals surface area contributed by atoms with Gasteiger partial charge in [-0.2, -0.15) is 0 Å². The van der Waals surface area contributed by atoms with E-state index >= 15 is 0 Å². The zero-order valence-corrected chi connectivity index (χ0v) is 7.46. The second kappa shape index (κ2) is 2.23. The molecule has 0 unspecified atom stereocenters. The molecule has 2 bridgehead atoms. The van der Waals surface area contributed by atoms with Crippen LogP contribution in [0.15, 0.2) is 36.4 Å². The van der Waals surface area contributed by atoms with E-state index in [-0.39, 0.29) is 0 Å². The summed E-state index contributed by atoms with van der Waals surface area (Å²) in [4.78, 5) is 0. The molecule has 0 heterocycles. The quantitative estimate of drug-likeness (QED) is 0.478. The molecule has 0 aliphatic carbocycles. The Labute approximate surface area is 77.1 Å². The third kappa shape index (κ3) is 0.803. The van der Waals surface area contributed by atoms with Gasteiger partial charge in [-0.25, -0.2) is 0 Å². The molecule has 4 aromatic rings. The Hall–Kier alpha value is -1.56. The minimum Gasteiger partial charge on any atom is -0.0580 e. The molecular weight excluding hydrogens is 156 g/mol. The molecule has 0 nitrogen and oxygen atoms in total. The van der Waals surface area contributed by atoms with E-state index in [0.29, 0.717) is 0 Å². The number of benzene rings is 4. The van der Waals surface area contributed by atoms with Gasteiger partial charge in [-0.1, -0.05) is 36.4 Å². The first-order valence-electron chi connectivity index (χ1n) is 4.48. The fourth-order valence-corrected chi connectivity index (χ4v) is 2.01. The van der Waals surface area contributed by atoms with Crippen LogP contribution in [0.25, 0.3) is 21.5 Å². The molecule has 0 fully saturated rings. The number of hydrogen-bond acceptors (Lipinski definition) is 0. The van der Waals surface area contributed by atoms with Crippen molar-refractivity contribution in [1.29, 1.82) is 0 Å². The van der Waals surface area contributed by atoms with Crippen LogP contribution in [0.4, 0.5) is 0 Å². The molecule has 0 saturated heterocycles. The molecular formula is C13H9. The molecule has 0 atom stereocenters. The Bertz CT molecular complexity index is 544. The van der Waals surface area contributed by atoms with Crippen molar-refractivity contribution in [3.05, 3.63) is 48.0 Å². The summed E-state index contributed by atoms with van der Waals surface area (Å²) in [6, 6.07) is 16.1. The summed E-state index contributed by atoms with van der Waals surface area (Å²) in [7, 11) is 0. The maximum atomic E-state index is 3.30. The third-order valence-corrected chi connectivity index (χ3v) is 2.67. The average molecular weight is 165 g/mol. The van der Waals surface area contributed by atoms with Gasteiger partial charge in [0.25, 0.3) is 0 Å². The number of fused-ring (bicyclic) bond motifs is 2. The van der Waals surface area contributed by atoms with Crippen LogP contribution in [0.1, 0.15) is 5.56 Å². The maximum absolute atomic E-state index is 3.30. The lowest BCUT2D eigenvalue weighted by Crippen LogP contribution is -1.83. The molecule has 0 aliphatic rings. The van der Waals surface area contributed by atoms with Crippen molar-refractivity contribution in [2.45, 2.75) is 6.92 Å². The van der Waals surface area contributed by atoms with Crippen molar-refractivity contribution in [3.8, 4) is 0 Å². The lowest BCUT2D eigenvalue weighted by molar-refractivity contribution is 1.54. The summed E-state index contributed by atoms with van der Waals surface area (Å²) < 4.78 is 0. The largest absolute Gasteiger partial charge is 0.0580 e. The average Bonchev–Trinajstić information content (AvgIpc) is 2.20. The topological polar surface area (TPSA) is 0 Å². The van der Waals surface area contributed by atoms with Gasteiger partial charge in [-0.05, 0) is 40.1 Å². The predicted octanol–water partition coefficient (Wildman–Crippen LogP) is 3.54. The van der Waals surface area contributed by atoms with Gasteiger partial charge >= 0.3 is 0 Å². The van der Waals surface area contributed by atoms with Crippen molar-refractivity contribution in [2.75, 3.05) is 0 Å². The number of aryl methyl sites for hydroxylation is 1. The highest BCUT2D eigenvalue weighted by molar-refractivity contribution is 6.10. The van der Waals surface area contributed by atoms with E-state index in [4.69, 9.17) is 0 Å². The molecule has 13 heavy (non-hydrogen) atoms. The summed E-state index contributed by atoms with van der Waals surface area (Å²) in [6.07, 6.45) is 0. The fourth-order valence-electron chi connectivity index (χ4n) is 2.01. The lowest BCUT2D eigenvalue weighted by Gasteiger charge is -2.08. The van der Waals surface area contributed by atoms with Gasteiger partial charge in [-0.15, -0.1) is 0 Å². The van der Waals surface area contributed by atoms with Crippen LogP contribution >= 0.6 is 0 Å². The molecule has 0 saturated carbocycles. The molecule has 4 aromatic carbocycles. The van der Waals surface area contributed by atoms with Gasteiger partial charge in [0.05, 0.1) is 0 Å². The summed E-state index contributed by atoms with van der Waals surface area (Å²) >= 11 is 0. The standard InChI is InChI=1S/C13H9/c1-9-3-2-4-12-10-5-7-11(8-6-10)13(9)12/h2-3,5-8H,1H3. The SMILES string of the molecule is Cc1cc[c]c2c3ccc(cc3)c12. The normalized spacial score (nSPS) is 11.5. The molecule has 4 rings (SSSR count). The molecule has 1 radical (unpaired) electrons. The Balaban J connectivity index is 2.73. The van der Waals surface area contributed by atoms with E-state index in [2.05, 4.69) is 43.3 Å². The van der Waals surface area contributed by atoms with E-state index in [1.165, 1.54) is 27.1 Å². The van der Waals surface area contributed by atoms with E-state index in [0.717, 1.165) is 0 Å². The minimum atomic E-state index is 1.26. The van der Waals surface area contributed by atoms with Crippen molar-refractivity contribution in [3.63, 3.8) is 0 Å². The van der Waals surface area contributed by atoms with Crippen molar-refractivity contribution in [2.24, 2.45) is 0 Å². The molecule has 61 valence electrons. The van der Waals surface area contributed by atoms with Crippen LogP contribution in [0.3, 0.4) is 0 Å². The highest BCUT2D eigenvalue weighted by atomic mass is 14.1. The first-order valence-corrected chi connectivity index (χ1v) is 4.48. The van der Waals surface area contributed by atoms with E-state index in [9.17, 15) is 0 Å². The Morgan fingerprint density at radius 1 is 0.923 bits per heavy atom. The molecule has 0 heteroatoms. The molecule has 0 aromatic heterocycles. The van der Waals surface area contributed by atoms with Gasteiger partial charge in [0.15, 0.2) is 0 Å². The van der Waals surface area contributed by atoms with Crippen LogP contribution in [-0.4, -0.2) is 0 Å². The van der Waals surface area contributed by atoms with Crippen LogP contribution in [0, 0.1) is 13.0 Å². The predicted molar refractivity (Wildman–Crippen MR) is 56.2 cm³/mol. The zero-order valence-electron chi connectivity index (χ0n) is 7.46. The van der Waals surface area contributed by atoms with Crippen molar-refractivity contribution < 1.29 is 0 Å². The second-order valence-electron chi connectivity index (χ2n) is 3.49. The van der Waals surface area contributed by atoms with Crippen molar-refractivity contribution >= 4 is 21.5 Å². The Morgan fingerprint density at radius 2 is 1.62 bits per heavy atom. The van der Waals surface area contributed by atoms with Crippen LogP contribution < -0.4 is 0 Å². The highest BCUT2D eigenvalue weighted by Crippen LogP contribution is 2.29. The van der Waals surface area contributed by atoms with Gasteiger partial charge < -0.3 is 0 Å². The number of hydrogen-bond donors (Lipinski definition) is 0. The van der Waals surface area contributed by atoms with E-state index in [1.54, 1.807) is 0 Å². The second-order valence-corrected chi connectivity index (χ2v) is 3.49. The summed E-state index contributed by atoms with van der Waals surface area (Å²) in [5, 5.41) is 5.23. The smallest absolute Gasteiger partial charge is 0.00239 e. The Kier molecular flexibility index (Phi) is 1.18. The summed E-state index contributed by atoms with van der Waals surface area (Å²) in [6.45, 7) is 2.16. The zero-order chi connectivity index (χ0) is 8.84. The lowest BCUT2D eigenvalue weighted by atomic mass is 9.96. The van der Waals surface area contributed by atoms with Gasteiger partial charge in [0.1, 0.15) is 0 Å². The molecule has 0 spiro atoms. The fraction of sp³-hybridized carbons (Fsp3) is 0.0769.